The lowest BCUT2D eigenvalue weighted by Crippen LogP contribution is -2.44. The zero-order chi connectivity index (χ0) is 20.9. The summed E-state index contributed by atoms with van der Waals surface area (Å²) in [6, 6.07) is 8.47. The molecule has 1 aliphatic carbocycles. The van der Waals surface area contributed by atoms with Crippen LogP contribution in [0.25, 0.3) is 0 Å². The molecule has 0 atom stereocenters. The molecule has 6 nitrogen and oxygen atoms in total. The van der Waals surface area contributed by atoms with Gasteiger partial charge < -0.3 is 19.8 Å². The van der Waals surface area contributed by atoms with Gasteiger partial charge >= 0.3 is 0 Å². The second kappa shape index (κ2) is 8.89. The average Bonchev–Trinajstić information content (AvgIpc) is 3.38. The molecule has 0 bridgehead atoms. The molecule has 6 heteroatoms. The zero-order valence-electron chi connectivity index (χ0n) is 18.3. The Labute approximate surface area is 174 Å². The summed E-state index contributed by atoms with van der Waals surface area (Å²) in [5, 5.41) is 6.85. The summed E-state index contributed by atoms with van der Waals surface area (Å²) in [7, 11) is 3.51. The van der Waals surface area contributed by atoms with Gasteiger partial charge in [0.1, 0.15) is 11.5 Å². The van der Waals surface area contributed by atoms with Crippen molar-refractivity contribution < 1.29 is 9.15 Å². The van der Waals surface area contributed by atoms with Crippen LogP contribution in [0.3, 0.4) is 0 Å². The van der Waals surface area contributed by atoms with E-state index in [2.05, 4.69) is 59.6 Å². The van der Waals surface area contributed by atoms with E-state index < -0.39 is 0 Å². The summed E-state index contributed by atoms with van der Waals surface area (Å²) in [5.74, 6) is 3.23. The lowest BCUT2D eigenvalue weighted by molar-refractivity contribution is 0.378. The van der Waals surface area contributed by atoms with E-state index in [4.69, 9.17) is 9.15 Å². The van der Waals surface area contributed by atoms with E-state index in [1.54, 1.807) is 14.2 Å². The SMILES string of the molecule is CN=C(NCc1ncc(C(C)(C)C)o1)NCC1(c2cccc(OC)c2)CCCC1. The molecule has 158 valence electrons. The Balaban J connectivity index is 1.63. The van der Waals surface area contributed by atoms with E-state index in [1.165, 1.54) is 31.2 Å². The number of nitrogens with one attached hydrogen (secondary N) is 2. The molecule has 2 N–H and O–H groups in total. The van der Waals surface area contributed by atoms with Crippen LogP contribution in [-0.4, -0.2) is 31.6 Å². The van der Waals surface area contributed by atoms with Crippen molar-refractivity contribution in [3.05, 3.63) is 47.7 Å². The molecule has 1 saturated carbocycles. The largest absolute Gasteiger partial charge is 0.497 e. The first-order valence-electron chi connectivity index (χ1n) is 10.4. The first kappa shape index (κ1) is 21.2. The predicted octanol–water partition coefficient (Wildman–Crippen LogP) is 4.16. The Morgan fingerprint density at radius 1 is 1.24 bits per heavy atom. The fourth-order valence-corrected chi connectivity index (χ4v) is 3.94. The van der Waals surface area contributed by atoms with Gasteiger partial charge in [0.2, 0.25) is 5.89 Å². The fourth-order valence-electron chi connectivity index (χ4n) is 3.94. The van der Waals surface area contributed by atoms with E-state index in [0.29, 0.717) is 12.4 Å². The molecule has 0 amide bonds. The normalized spacial score (nSPS) is 16.7. The first-order valence-corrected chi connectivity index (χ1v) is 10.4. The standard InChI is InChI=1S/C23H34N4O2/c1-22(2,3)19-14-25-20(29-19)15-26-21(24-4)27-16-23(11-6-7-12-23)17-9-8-10-18(13-17)28-5/h8-10,13-14H,6-7,11-12,15-16H2,1-5H3,(H2,24,26,27). The van der Waals surface area contributed by atoms with Crippen LogP contribution < -0.4 is 15.4 Å². The van der Waals surface area contributed by atoms with Crippen LogP contribution >= 0.6 is 0 Å². The van der Waals surface area contributed by atoms with Gasteiger partial charge in [0.25, 0.3) is 0 Å². The van der Waals surface area contributed by atoms with Crippen molar-refractivity contribution in [2.24, 2.45) is 4.99 Å². The maximum atomic E-state index is 5.87. The molecule has 1 aromatic heterocycles. The molecule has 29 heavy (non-hydrogen) atoms. The van der Waals surface area contributed by atoms with Crippen LogP contribution in [0.1, 0.15) is 63.7 Å². The summed E-state index contributed by atoms with van der Waals surface area (Å²) in [6.07, 6.45) is 6.63. The lowest BCUT2D eigenvalue weighted by Gasteiger charge is -2.31. The number of aromatic nitrogens is 1. The number of methoxy groups -OCH3 is 1. The Kier molecular flexibility index (Phi) is 6.50. The van der Waals surface area contributed by atoms with Crippen LogP contribution in [0.15, 0.2) is 39.9 Å². The van der Waals surface area contributed by atoms with E-state index in [-0.39, 0.29) is 10.8 Å². The molecular formula is C23H34N4O2. The predicted molar refractivity (Wildman–Crippen MR) is 117 cm³/mol. The van der Waals surface area contributed by atoms with Crippen LogP contribution in [-0.2, 0) is 17.4 Å². The van der Waals surface area contributed by atoms with Gasteiger partial charge in [0.05, 0.1) is 19.9 Å². The number of nitrogens with zero attached hydrogens (tertiary/aromatic N) is 2. The molecule has 0 saturated heterocycles. The summed E-state index contributed by atoms with van der Waals surface area (Å²) in [5.41, 5.74) is 1.39. The van der Waals surface area contributed by atoms with E-state index >= 15 is 0 Å². The van der Waals surface area contributed by atoms with Gasteiger partial charge in [-0.2, -0.15) is 0 Å². The molecular weight excluding hydrogens is 364 g/mol. The molecule has 0 radical (unpaired) electrons. The number of guanidine groups is 1. The minimum Gasteiger partial charge on any atom is -0.497 e. The molecule has 1 heterocycles. The van der Waals surface area contributed by atoms with Crippen molar-refractivity contribution in [1.29, 1.82) is 0 Å². The van der Waals surface area contributed by atoms with E-state index in [9.17, 15) is 0 Å². The minimum atomic E-state index is -0.0449. The zero-order valence-corrected chi connectivity index (χ0v) is 18.3. The van der Waals surface area contributed by atoms with E-state index in [1.807, 2.05) is 12.3 Å². The quantitative estimate of drug-likeness (QED) is 0.565. The van der Waals surface area contributed by atoms with Crippen molar-refractivity contribution in [3.8, 4) is 5.75 Å². The summed E-state index contributed by atoms with van der Waals surface area (Å²) in [6.45, 7) is 7.68. The molecule has 1 aliphatic rings. The van der Waals surface area contributed by atoms with Crippen molar-refractivity contribution in [2.75, 3.05) is 20.7 Å². The number of oxazole rings is 1. The Bertz CT molecular complexity index is 829. The number of rotatable bonds is 6. The molecule has 2 aromatic rings. The fraction of sp³-hybridized carbons (Fsp3) is 0.565. The third kappa shape index (κ3) is 5.11. The van der Waals surface area contributed by atoms with Gasteiger partial charge in [0, 0.05) is 24.4 Å². The van der Waals surface area contributed by atoms with Gasteiger partial charge in [-0.25, -0.2) is 4.98 Å². The van der Waals surface area contributed by atoms with Gasteiger partial charge in [-0.15, -0.1) is 0 Å². The molecule has 3 rings (SSSR count). The van der Waals surface area contributed by atoms with Gasteiger partial charge in [-0.1, -0.05) is 45.7 Å². The average molecular weight is 399 g/mol. The Morgan fingerprint density at radius 2 is 2.00 bits per heavy atom. The van der Waals surface area contributed by atoms with Crippen molar-refractivity contribution in [1.82, 2.24) is 15.6 Å². The molecule has 0 aliphatic heterocycles. The van der Waals surface area contributed by atoms with Crippen LogP contribution in [0.4, 0.5) is 0 Å². The monoisotopic (exact) mass is 398 g/mol. The number of aliphatic imine (C=N–C) groups is 1. The molecule has 1 aromatic carbocycles. The maximum Gasteiger partial charge on any atom is 0.213 e. The highest BCUT2D eigenvalue weighted by Crippen LogP contribution is 2.41. The molecule has 0 unspecified atom stereocenters. The second-order valence-electron chi connectivity index (χ2n) is 8.87. The van der Waals surface area contributed by atoms with E-state index in [0.717, 1.165) is 24.0 Å². The minimum absolute atomic E-state index is 0.0449. The lowest BCUT2D eigenvalue weighted by atomic mass is 9.78. The topological polar surface area (TPSA) is 71.7 Å². The summed E-state index contributed by atoms with van der Waals surface area (Å²) in [4.78, 5) is 8.76. The van der Waals surface area contributed by atoms with Crippen LogP contribution in [0.2, 0.25) is 0 Å². The highest BCUT2D eigenvalue weighted by atomic mass is 16.5. The van der Waals surface area contributed by atoms with Gasteiger partial charge in [0.15, 0.2) is 5.96 Å². The summed E-state index contributed by atoms with van der Waals surface area (Å²) < 4.78 is 11.3. The Morgan fingerprint density at radius 3 is 2.62 bits per heavy atom. The molecule has 0 spiro atoms. The second-order valence-corrected chi connectivity index (χ2v) is 8.87. The van der Waals surface area contributed by atoms with Crippen molar-refractivity contribution in [3.63, 3.8) is 0 Å². The first-order chi connectivity index (χ1) is 13.9. The van der Waals surface area contributed by atoms with Crippen molar-refractivity contribution >= 4 is 5.96 Å². The van der Waals surface area contributed by atoms with Crippen LogP contribution in [0, 0.1) is 0 Å². The third-order valence-electron chi connectivity index (χ3n) is 5.76. The maximum absolute atomic E-state index is 5.87. The number of ether oxygens (including phenoxy) is 1. The van der Waals surface area contributed by atoms with Crippen molar-refractivity contribution in [2.45, 2.75) is 63.8 Å². The highest BCUT2D eigenvalue weighted by Gasteiger charge is 2.36. The Hall–Kier alpha value is -2.50. The molecule has 1 fully saturated rings. The van der Waals surface area contributed by atoms with Crippen LogP contribution in [0.5, 0.6) is 5.75 Å². The third-order valence-corrected chi connectivity index (χ3v) is 5.76. The summed E-state index contributed by atoms with van der Waals surface area (Å²) >= 11 is 0. The number of hydrogen-bond donors (Lipinski definition) is 2. The van der Waals surface area contributed by atoms with Gasteiger partial charge in [-0.3, -0.25) is 4.99 Å². The highest BCUT2D eigenvalue weighted by molar-refractivity contribution is 5.79. The number of benzene rings is 1. The smallest absolute Gasteiger partial charge is 0.213 e. The van der Waals surface area contributed by atoms with Gasteiger partial charge in [-0.05, 0) is 30.5 Å². The number of hydrogen-bond acceptors (Lipinski definition) is 4.